The highest BCUT2D eigenvalue weighted by molar-refractivity contribution is 7.12. The summed E-state index contributed by atoms with van der Waals surface area (Å²) in [7, 11) is 0. The summed E-state index contributed by atoms with van der Waals surface area (Å²) in [6.07, 6.45) is 0. The number of hydrogen-bond acceptors (Lipinski definition) is 2. The van der Waals surface area contributed by atoms with Crippen molar-refractivity contribution in [2.45, 2.75) is 6.92 Å². The molecular weight excluding hydrogens is 170 g/mol. The minimum absolute atomic E-state index is 0.0484. The van der Waals surface area contributed by atoms with E-state index in [1.165, 1.54) is 11.3 Å². The van der Waals surface area contributed by atoms with E-state index in [9.17, 15) is 4.79 Å². The van der Waals surface area contributed by atoms with E-state index in [-0.39, 0.29) is 5.91 Å². The van der Waals surface area contributed by atoms with E-state index >= 15 is 0 Å². The number of nitrogens with one attached hydrogen (secondary N) is 1. The van der Waals surface area contributed by atoms with Crippen molar-refractivity contribution >= 4 is 17.2 Å². The average molecular weight is 179 g/mol. The summed E-state index contributed by atoms with van der Waals surface area (Å²) in [4.78, 5) is 11.9. The Hall–Kier alpha value is -1.27. The van der Waals surface area contributed by atoms with Gasteiger partial charge >= 0.3 is 0 Å². The quantitative estimate of drug-likeness (QED) is 0.685. The van der Waals surface area contributed by atoms with Crippen LogP contribution in [0.3, 0.4) is 0 Å². The molecule has 1 rings (SSSR count). The van der Waals surface area contributed by atoms with Crippen LogP contribution in [0.25, 0.3) is 0 Å². The normalized spacial score (nSPS) is 8.42. The number of amides is 1. The monoisotopic (exact) mass is 179 g/mol. The molecule has 0 saturated carbocycles. The summed E-state index contributed by atoms with van der Waals surface area (Å²) in [5.41, 5.74) is 0. The lowest BCUT2D eigenvalue weighted by Crippen LogP contribution is -2.22. The lowest BCUT2D eigenvalue weighted by molar-refractivity contribution is 0.0963. The molecule has 2 nitrogen and oxygen atoms in total. The molecule has 0 aliphatic carbocycles. The zero-order valence-electron chi connectivity index (χ0n) is 6.76. The molecule has 0 fully saturated rings. The predicted molar refractivity (Wildman–Crippen MR) is 50.1 cm³/mol. The van der Waals surface area contributed by atoms with Crippen LogP contribution >= 0.6 is 11.3 Å². The maximum Gasteiger partial charge on any atom is 0.262 e. The largest absolute Gasteiger partial charge is 0.340 e. The lowest BCUT2D eigenvalue weighted by atomic mass is 10.4. The van der Waals surface area contributed by atoms with Crippen molar-refractivity contribution in [3.05, 3.63) is 22.4 Å². The van der Waals surface area contributed by atoms with Crippen molar-refractivity contribution in [1.82, 2.24) is 5.32 Å². The first-order valence-electron chi connectivity index (χ1n) is 3.56. The molecule has 3 heteroatoms. The highest BCUT2D eigenvalue weighted by Gasteiger charge is 2.02. The van der Waals surface area contributed by atoms with Crippen LogP contribution in [0.15, 0.2) is 17.5 Å². The molecule has 1 N–H and O–H groups in total. The molecule has 0 saturated heterocycles. The van der Waals surface area contributed by atoms with Gasteiger partial charge in [0, 0.05) is 0 Å². The topological polar surface area (TPSA) is 29.1 Å². The van der Waals surface area contributed by atoms with Crippen molar-refractivity contribution in [2.75, 3.05) is 6.54 Å². The predicted octanol–water partition coefficient (Wildman–Crippen LogP) is 1.50. The summed E-state index contributed by atoms with van der Waals surface area (Å²) in [6, 6.07) is 3.64. The molecule has 0 spiro atoms. The maximum absolute atomic E-state index is 11.2. The molecule has 0 radical (unpaired) electrons. The molecule has 0 aliphatic heterocycles. The van der Waals surface area contributed by atoms with Gasteiger partial charge in [0.1, 0.15) is 0 Å². The third-order valence-electron chi connectivity index (χ3n) is 1.26. The molecular formula is C9H9NOS. The van der Waals surface area contributed by atoms with Crippen LogP contribution < -0.4 is 5.32 Å². The van der Waals surface area contributed by atoms with Gasteiger partial charge < -0.3 is 5.32 Å². The summed E-state index contributed by atoms with van der Waals surface area (Å²) in [5, 5.41) is 4.56. The third kappa shape index (κ3) is 2.40. The van der Waals surface area contributed by atoms with Crippen molar-refractivity contribution < 1.29 is 4.79 Å². The Bertz CT molecular complexity index is 305. The number of carbonyl (C=O) groups excluding carboxylic acids is 1. The second kappa shape index (κ2) is 4.58. The molecule has 0 bridgehead atoms. The van der Waals surface area contributed by atoms with E-state index in [1.807, 2.05) is 11.4 Å². The first-order chi connectivity index (χ1) is 5.84. The molecule has 0 atom stereocenters. The van der Waals surface area contributed by atoms with Crippen molar-refractivity contribution in [1.29, 1.82) is 0 Å². The third-order valence-corrected chi connectivity index (χ3v) is 2.13. The fourth-order valence-electron chi connectivity index (χ4n) is 0.708. The van der Waals surface area contributed by atoms with Gasteiger partial charge in [-0.25, -0.2) is 0 Å². The number of thiophene rings is 1. The highest BCUT2D eigenvalue weighted by atomic mass is 32.1. The Morgan fingerprint density at radius 1 is 1.75 bits per heavy atom. The molecule has 1 aromatic rings. The minimum Gasteiger partial charge on any atom is -0.340 e. The maximum atomic E-state index is 11.2. The standard InChI is InChI=1S/C9H9NOS/c1-2-3-6-10-9(11)8-5-4-7-12-8/h4-5,7H,6H2,1H3,(H,10,11). The van der Waals surface area contributed by atoms with Gasteiger partial charge in [0.25, 0.3) is 5.91 Å². The van der Waals surface area contributed by atoms with Crippen molar-refractivity contribution in [3.63, 3.8) is 0 Å². The molecule has 0 aliphatic rings. The fourth-order valence-corrected chi connectivity index (χ4v) is 1.35. The van der Waals surface area contributed by atoms with Crippen LogP contribution in [0.1, 0.15) is 16.6 Å². The van der Waals surface area contributed by atoms with Crippen LogP contribution in [0.4, 0.5) is 0 Å². The Morgan fingerprint density at radius 3 is 3.17 bits per heavy atom. The van der Waals surface area contributed by atoms with Gasteiger partial charge in [-0.3, -0.25) is 4.79 Å². The lowest BCUT2D eigenvalue weighted by Gasteiger charge is -1.95. The molecule has 1 heterocycles. The zero-order chi connectivity index (χ0) is 8.81. The molecule has 62 valence electrons. The van der Waals surface area contributed by atoms with Gasteiger partial charge in [-0.15, -0.1) is 17.3 Å². The fraction of sp³-hybridized carbons (Fsp3) is 0.222. The highest BCUT2D eigenvalue weighted by Crippen LogP contribution is 2.07. The van der Waals surface area contributed by atoms with E-state index in [0.717, 1.165) is 4.88 Å². The van der Waals surface area contributed by atoms with Gasteiger partial charge in [-0.2, -0.15) is 0 Å². The number of carbonyl (C=O) groups is 1. The average Bonchev–Trinajstić information content (AvgIpc) is 2.56. The van der Waals surface area contributed by atoms with Gasteiger partial charge in [-0.05, 0) is 18.4 Å². The Labute approximate surface area is 75.6 Å². The summed E-state index contributed by atoms with van der Waals surface area (Å²) < 4.78 is 0. The van der Waals surface area contributed by atoms with Gasteiger partial charge in [0.15, 0.2) is 0 Å². The minimum atomic E-state index is -0.0484. The second-order valence-corrected chi connectivity index (χ2v) is 3.03. The van der Waals surface area contributed by atoms with Gasteiger partial charge in [-0.1, -0.05) is 12.0 Å². The van der Waals surface area contributed by atoms with Crippen LogP contribution in [0, 0.1) is 11.8 Å². The summed E-state index contributed by atoms with van der Waals surface area (Å²) in [5.74, 6) is 5.42. The molecule has 1 aromatic heterocycles. The van der Waals surface area contributed by atoms with E-state index in [1.54, 1.807) is 13.0 Å². The molecule has 1 amide bonds. The first kappa shape index (κ1) is 8.82. The van der Waals surface area contributed by atoms with Gasteiger partial charge in [0.2, 0.25) is 0 Å². The van der Waals surface area contributed by atoms with Crippen molar-refractivity contribution in [2.24, 2.45) is 0 Å². The van der Waals surface area contributed by atoms with E-state index in [2.05, 4.69) is 17.2 Å². The summed E-state index contributed by atoms with van der Waals surface area (Å²) in [6.45, 7) is 2.17. The van der Waals surface area contributed by atoms with E-state index in [0.29, 0.717) is 6.54 Å². The number of rotatable bonds is 2. The zero-order valence-corrected chi connectivity index (χ0v) is 7.57. The van der Waals surface area contributed by atoms with E-state index < -0.39 is 0 Å². The van der Waals surface area contributed by atoms with Crippen LogP contribution in [-0.4, -0.2) is 12.5 Å². The first-order valence-corrected chi connectivity index (χ1v) is 4.44. The molecule has 0 unspecified atom stereocenters. The van der Waals surface area contributed by atoms with Crippen LogP contribution in [-0.2, 0) is 0 Å². The van der Waals surface area contributed by atoms with E-state index in [4.69, 9.17) is 0 Å². The van der Waals surface area contributed by atoms with Crippen molar-refractivity contribution in [3.8, 4) is 11.8 Å². The Morgan fingerprint density at radius 2 is 2.58 bits per heavy atom. The molecule has 12 heavy (non-hydrogen) atoms. The Balaban J connectivity index is 2.43. The number of hydrogen-bond donors (Lipinski definition) is 1. The van der Waals surface area contributed by atoms with Gasteiger partial charge in [0.05, 0.1) is 11.4 Å². The van der Waals surface area contributed by atoms with Crippen LogP contribution in [0.2, 0.25) is 0 Å². The smallest absolute Gasteiger partial charge is 0.262 e. The molecule has 0 aromatic carbocycles. The second-order valence-electron chi connectivity index (χ2n) is 2.09. The summed E-state index contributed by atoms with van der Waals surface area (Å²) >= 11 is 1.43. The Kier molecular flexibility index (Phi) is 3.36. The van der Waals surface area contributed by atoms with Crippen LogP contribution in [0.5, 0.6) is 0 Å². The SMILES string of the molecule is CC#CCNC(=O)c1cccs1.